The van der Waals surface area contributed by atoms with Gasteiger partial charge in [0.1, 0.15) is 0 Å². The molecule has 1 N–H and O–H groups in total. The number of thioether (sulfide) groups is 1. The van der Waals surface area contributed by atoms with E-state index in [2.05, 4.69) is 18.3 Å². The number of unbranched alkanes of at least 4 members (excludes halogenated alkanes) is 1. The average molecular weight is 313 g/mol. The largest absolute Gasteiger partial charge is 0.380 e. The highest BCUT2D eigenvalue weighted by atomic mass is 32.2. The van der Waals surface area contributed by atoms with Crippen LogP contribution in [0.25, 0.3) is 0 Å². The van der Waals surface area contributed by atoms with Crippen molar-refractivity contribution in [2.24, 2.45) is 0 Å². The van der Waals surface area contributed by atoms with Crippen molar-refractivity contribution in [2.75, 3.05) is 22.6 Å². The van der Waals surface area contributed by atoms with Crippen molar-refractivity contribution in [3.8, 4) is 0 Å². The fourth-order valence-corrected chi connectivity index (χ4v) is 6.46. The Labute approximate surface area is 126 Å². The quantitative estimate of drug-likeness (QED) is 0.820. The Bertz CT molecular complexity index is 543. The van der Waals surface area contributed by atoms with Crippen LogP contribution in [0.5, 0.6) is 0 Å². The standard InChI is InChI=1S/C15H23NO2S2/c1-3-4-8-19-15-11-20(17,18)10-14(15)16-13-7-5-6-12(2)9-13/h5-7,9,14-16H,3-4,8,10-11H2,1-2H3. The van der Waals surface area contributed by atoms with Crippen molar-refractivity contribution in [1.29, 1.82) is 0 Å². The van der Waals surface area contributed by atoms with Crippen molar-refractivity contribution >= 4 is 27.3 Å². The third-order valence-electron chi connectivity index (χ3n) is 3.50. The summed E-state index contributed by atoms with van der Waals surface area (Å²) in [7, 11) is -2.90. The number of hydrogen-bond acceptors (Lipinski definition) is 4. The molecule has 0 aliphatic carbocycles. The highest BCUT2D eigenvalue weighted by Gasteiger charge is 2.37. The van der Waals surface area contributed by atoms with E-state index >= 15 is 0 Å². The summed E-state index contributed by atoms with van der Waals surface area (Å²) < 4.78 is 23.8. The number of anilines is 1. The smallest absolute Gasteiger partial charge is 0.153 e. The molecule has 3 nitrogen and oxygen atoms in total. The Morgan fingerprint density at radius 2 is 2.15 bits per heavy atom. The first kappa shape index (κ1) is 15.7. The molecule has 5 heteroatoms. The first-order chi connectivity index (χ1) is 9.50. The van der Waals surface area contributed by atoms with E-state index in [0.29, 0.717) is 5.75 Å². The molecule has 1 heterocycles. The van der Waals surface area contributed by atoms with Crippen LogP contribution in [0.3, 0.4) is 0 Å². The molecule has 2 rings (SSSR count). The van der Waals surface area contributed by atoms with Crippen LogP contribution in [0, 0.1) is 6.92 Å². The van der Waals surface area contributed by atoms with E-state index in [0.717, 1.165) is 24.3 Å². The normalized spacial score (nSPS) is 24.7. The van der Waals surface area contributed by atoms with Crippen molar-refractivity contribution in [2.45, 2.75) is 38.0 Å². The van der Waals surface area contributed by atoms with Gasteiger partial charge in [-0.3, -0.25) is 0 Å². The van der Waals surface area contributed by atoms with Crippen LogP contribution in [-0.2, 0) is 9.84 Å². The summed E-state index contributed by atoms with van der Waals surface area (Å²) >= 11 is 1.80. The monoisotopic (exact) mass is 313 g/mol. The molecule has 0 amide bonds. The van der Waals surface area contributed by atoms with Gasteiger partial charge < -0.3 is 5.32 Å². The zero-order valence-electron chi connectivity index (χ0n) is 12.1. The van der Waals surface area contributed by atoms with Gasteiger partial charge in [-0.1, -0.05) is 25.5 Å². The van der Waals surface area contributed by atoms with Gasteiger partial charge in [0.05, 0.1) is 17.5 Å². The van der Waals surface area contributed by atoms with Gasteiger partial charge in [0, 0.05) is 10.9 Å². The van der Waals surface area contributed by atoms with Gasteiger partial charge in [0.2, 0.25) is 0 Å². The number of rotatable bonds is 6. The first-order valence-electron chi connectivity index (χ1n) is 7.15. The zero-order chi connectivity index (χ0) is 14.6. The number of hydrogen-bond donors (Lipinski definition) is 1. The van der Waals surface area contributed by atoms with Crippen LogP contribution < -0.4 is 5.32 Å². The zero-order valence-corrected chi connectivity index (χ0v) is 13.8. The van der Waals surface area contributed by atoms with Crippen LogP contribution >= 0.6 is 11.8 Å². The Balaban J connectivity index is 2.03. The predicted octanol–water partition coefficient (Wildman–Crippen LogP) is 3.11. The molecule has 0 bridgehead atoms. The molecule has 0 saturated carbocycles. The summed E-state index contributed by atoms with van der Waals surface area (Å²) in [4.78, 5) is 0. The van der Waals surface area contributed by atoms with E-state index < -0.39 is 9.84 Å². The lowest BCUT2D eigenvalue weighted by Gasteiger charge is -2.20. The number of aryl methyl sites for hydroxylation is 1. The van der Waals surface area contributed by atoms with Gasteiger partial charge in [0.25, 0.3) is 0 Å². The molecule has 1 fully saturated rings. The molecule has 1 saturated heterocycles. The van der Waals surface area contributed by atoms with E-state index in [-0.39, 0.29) is 17.0 Å². The Morgan fingerprint density at radius 1 is 1.35 bits per heavy atom. The fraction of sp³-hybridized carbons (Fsp3) is 0.600. The topological polar surface area (TPSA) is 46.2 Å². The number of nitrogens with one attached hydrogen (secondary N) is 1. The Hall–Kier alpha value is -0.680. The second-order valence-electron chi connectivity index (χ2n) is 5.46. The molecule has 1 aliphatic heterocycles. The van der Waals surface area contributed by atoms with E-state index in [4.69, 9.17) is 0 Å². The Kier molecular flexibility index (Phi) is 5.38. The van der Waals surface area contributed by atoms with E-state index in [1.165, 1.54) is 5.56 Å². The van der Waals surface area contributed by atoms with E-state index in [1.807, 2.05) is 25.1 Å². The van der Waals surface area contributed by atoms with Crippen LogP contribution in [0.2, 0.25) is 0 Å². The van der Waals surface area contributed by atoms with Gasteiger partial charge >= 0.3 is 0 Å². The molecule has 2 atom stereocenters. The maximum atomic E-state index is 11.9. The van der Waals surface area contributed by atoms with Crippen LogP contribution in [0.4, 0.5) is 5.69 Å². The van der Waals surface area contributed by atoms with Gasteiger partial charge in [-0.25, -0.2) is 8.42 Å². The van der Waals surface area contributed by atoms with Gasteiger partial charge in [-0.05, 0) is 36.8 Å². The highest BCUT2D eigenvalue weighted by molar-refractivity contribution is 8.01. The summed E-state index contributed by atoms with van der Waals surface area (Å²) in [5, 5.41) is 3.59. The third kappa shape index (κ3) is 4.42. The number of benzene rings is 1. The summed E-state index contributed by atoms with van der Waals surface area (Å²) in [5.41, 5.74) is 2.21. The molecule has 1 aromatic rings. The minimum absolute atomic E-state index is 0.0312. The first-order valence-corrected chi connectivity index (χ1v) is 10.0. The lowest BCUT2D eigenvalue weighted by atomic mass is 10.2. The minimum atomic E-state index is -2.90. The lowest BCUT2D eigenvalue weighted by Crippen LogP contribution is -2.30. The second-order valence-corrected chi connectivity index (χ2v) is 8.96. The summed E-state index contributed by atoms with van der Waals surface area (Å²) in [6.07, 6.45) is 2.31. The predicted molar refractivity (Wildman–Crippen MR) is 88.4 cm³/mol. The van der Waals surface area contributed by atoms with E-state index in [9.17, 15) is 8.42 Å². The summed E-state index contributed by atoms with van der Waals surface area (Å²) in [6.45, 7) is 4.21. The molecule has 1 aromatic carbocycles. The van der Waals surface area contributed by atoms with Crippen LogP contribution in [-0.4, -0.2) is 37.0 Å². The fourth-order valence-electron chi connectivity index (χ4n) is 2.44. The lowest BCUT2D eigenvalue weighted by molar-refractivity contribution is 0.602. The van der Waals surface area contributed by atoms with Crippen molar-refractivity contribution in [3.63, 3.8) is 0 Å². The van der Waals surface area contributed by atoms with Crippen molar-refractivity contribution < 1.29 is 8.42 Å². The summed E-state index contributed by atoms with van der Waals surface area (Å²) in [6, 6.07) is 8.15. The molecule has 2 unspecified atom stereocenters. The molecule has 20 heavy (non-hydrogen) atoms. The summed E-state index contributed by atoms with van der Waals surface area (Å²) in [5.74, 6) is 1.61. The van der Waals surface area contributed by atoms with Crippen molar-refractivity contribution in [1.82, 2.24) is 0 Å². The molecule has 0 radical (unpaired) electrons. The second kappa shape index (κ2) is 6.85. The molecule has 112 valence electrons. The SMILES string of the molecule is CCCCSC1CS(=O)(=O)CC1Nc1cccc(C)c1. The maximum Gasteiger partial charge on any atom is 0.153 e. The molecule has 1 aliphatic rings. The van der Waals surface area contributed by atoms with Crippen LogP contribution in [0.15, 0.2) is 24.3 Å². The molecule has 0 spiro atoms. The molecular formula is C15H23NO2S2. The van der Waals surface area contributed by atoms with E-state index in [1.54, 1.807) is 11.8 Å². The number of sulfone groups is 1. The van der Waals surface area contributed by atoms with Gasteiger partial charge in [-0.2, -0.15) is 11.8 Å². The average Bonchev–Trinajstić information content (AvgIpc) is 2.64. The Morgan fingerprint density at radius 3 is 2.85 bits per heavy atom. The van der Waals surface area contributed by atoms with Crippen molar-refractivity contribution in [3.05, 3.63) is 29.8 Å². The highest BCUT2D eigenvalue weighted by Crippen LogP contribution is 2.28. The third-order valence-corrected chi connectivity index (χ3v) is 6.89. The molecule has 0 aromatic heterocycles. The molecular weight excluding hydrogens is 290 g/mol. The van der Waals surface area contributed by atoms with Gasteiger partial charge in [-0.15, -0.1) is 0 Å². The van der Waals surface area contributed by atoms with Gasteiger partial charge in [0.15, 0.2) is 9.84 Å². The minimum Gasteiger partial charge on any atom is -0.380 e. The van der Waals surface area contributed by atoms with Crippen LogP contribution in [0.1, 0.15) is 25.3 Å². The maximum absolute atomic E-state index is 11.9.